The van der Waals surface area contributed by atoms with Crippen molar-refractivity contribution in [3.8, 4) is 0 Å². The van der Waals surface area contributed by atoms with Crippen LogP contribution in [0.4, 0.5) is 5.00 Å². The van der Waals surface area contributed by atoms with Gasteiger partial charge in [-0.3, -0.25) is 4.79 Å². The standard InChI is InChI=1S/C19H29N3O5S2/c1-4-27-19(24)16-14-9-5-6-10-15(14)28-18(16)20-17(23)13-8-7-11-22(12-13)29(25,26)21(2)3/h13H,4-12H2,1-3H3,(H,20,23)/t13-/m1/s1. The van der Waals surface area contributed by atoms with E-state index in [0.29, 0.717) is 30.0 Å². The van der Waals surface area contributed by atoms with Crippen LogP contribution >= 0.6 is 11.3 Å². The summed E-state index contributed by atoms with van der Waals surface area (Å²) < 4.78 is 32.6. The molecule has 0 saturated carbocycles. The molecule has 1 atom stereocenters. The second-order valence-electron chi connectivity index (χ2n) is 7.61. The summed E-state index contributed by atoms with van der Waals surface area (Å²) in [7, 11) is -0.581. The van der Waals surface area contributed by atoms with Gasteiger partial charge in [-0.2, -0.15) is 17.0 Å². The monoisotopic (exact) mass is 443 g/mol. The highest BCUT2D eigenvalue weighted by atomic mass is 32.2. The van der Waals surface area contributed by atoms with Gasteiger partial charge in [0, 0.05) is 32.1 Å². The van der Waals surface area contributed by atoms with E-state index in [1.807, 2.05) is 0 Å². The summed E-state index contributed by atoms with van der Waals surface area (Å²) in [4.78, 5) is 26.7. The van der Waals surface area contributed by atoms with Gasteiger partial charge in [0.05, 0.1) is 18.1 Å². The van der Waals surface area contributed by atoms with Crippen LogP contribution in [0.1, 0.15) is 53.4 Å². The SMILES string of the molecule is CCOC(=O)c1c(NC(=O)[C@@H]2CCCN(S(=O)(=O)N(C)C)C2)sc2c1CCCC2. The third-order valence-electron chi connectivity index (χ3n) is 5.43. The van der Waals surface area contributed by atoms with Crippen LogP contribution in [-0.2, 0) is 32.6 Å². The van der Waals surface area contributed by atoms with Gasteiger partial charge >= 0.3 is 5.97 Å². The maximum absolute atomic E-state index is 13.0. The zero-order chi connectivity index (χ0) is 21.2. The first-order valence-electron chi connectivity index (χ1n) is 10.1. The molecule has 0 radical (unpaired) electrons. The second kappa shape index (κ2) is 9.11. The van der Waals surface area contributed by atoms with E-state index < -0.39 is 22.1 Å². The van der Waals surface area contributed by atoms with Crippen molar-refractivity contribution >= 4 is 38.4 Å². The average molecular weight is 444 g/mol. The number of anilines is 1. The summed E-state index contributed by atoms with van der Waals surface area (Å²) >= 11 is 1.45. The lowest BCUT2D eigenvalue weighted by Gasteiger charge is -2.32. The number of carbonyl (C=O) groups excluding carboxylic acids is 2. The highest BCUT2D eigenvalue weighted by Crippen LogP contribution is 2.39. The molecule has 10 heteroatoms. The van der Waals surface area contributed by atoms with Crippen molar-refractivity contribution in [1.82, 2.24) is 8.61 Å². The molecule has 1 fully saturated rings. The number of esters is 1. The van der Waals surface area contributed by atoms with Crippen LogP contribution in [0.3, 0.4) is 0 Å². The maximum Gasteiger partial charge on any atom is 0.341 e. The van der Waals surface area contributed by atoms with Crippen LogP contribution in [0.2, 0.25) is 0 Å². The zero-order valence-electron chi connectivity index (χ0n) is 17.2. The molecule has 162 valence electrons. The molecule has 1 aliphatic carbocycles. The van der Waals surface area contributed by atoms with Crippen LogP contribution in [0.15, 0.2) is 0 Å². The molecule has 2 aliphatic rings. The molecule has 8 nitrogen and oxygen atoms in total. The molecule has 1 saturated heterocycles. The smallest absolute Gasteiger partial charge is 0.341 e. The number of hydrogen-bond acceptors (Lipinski definition) is 6. The quantitative estimate of drug-likeness (QED) is 0.681. The number of nitrogens with zero attached hydrogens (tertiary/aromatic N) is 2. The zero-order valence-corrected chi connectivity index (χ0v) is 18.8. The van der Waals surface area contributed by atoms with Crippen molar-refractivity contribution < 1.29 is 22.7 Å². The van der Waals surface area contributed by atoms with E-state index in [4.69, 9.17) is 4.74 Å². The predicted octanol–water partition coefficient (Wildman–Crippen LogP) is 2.26. The predicted molar refractivity (Wildman–Crippen MR) is 112 cm³/mol. The molecule has 1 N–H and O–H groups in total. The molecule has 1 aromatic rings. The molecule has 1 amide bonds. The van der Waals surface area contributed by atoms with Gasteiger partial charge in [0.1, 0.15) is 5.00 Å². The Hall–Kier alpha value is -1.49. The Bertz CT molecular complexity index is 879. The Morgan fingerprint density at radius 3 is 2.66 bits per heavy atom. The summed E-state index contributed by atoms with van der Waals surface area (Å²) in [5.41, 5.74) is 1.48. The molecule has 1 aliphatic heterocycles. The van der Waals surface area contributed by atoms with Crippen molar-refractivity contribution in [2.45, 2.75) is 45.4 Å². The molecule has 0 spiro atoms. The first kappa shape index (κ1) is 22.2. The summed E-state index contributed by atoms with van der Waals surface area (Å²) in [5.74, 6) is -1.09. The van der Waals surface area contributed by atoms with E-state index in [1.54, 1.807) is 6.92 Å². The van der Waals surface area contributed by atoms with Crippen LogP contribution < -0.4 is 5.32 Å². The highest BCUT2D eigenvalue weighted by molar-refractivity contribution is 7.86. The minimum atomic E-state index is -3.56. The van der Waals surface area contributed by atoms with E-state index in [0.717, 1.165) is 36.1 Å². The fourth-order valence-electron chi connectivity index (χ4n) is 3.88. The Morgan fingerprint density at radius 1 is 1.24 bits per heavy atom. The first-order valence-corrected chi connectivity index (χ1v) is 12.3. The topological polar surface area (TPSA) is 96.0 Å². The van der Waals surface area contributed by atoms with Crippen molar-refractivity contribution in [3.63, 3.8) is 0 Å². The van der Waals surface area contributed by atoms with E-state index in [2.05, 4.69) is 5.32 Å². The van der Waals surface area contributed by atoms with Crippen molar-refractivity contribution in [2.75, 3.05) is 39.1 Å². The molecular weight excluding hydrogens is 414 g/mol. The molecule has 0 unspecified atom stereocenters. The van der Waals surface area contributed by atoms with E-state index in [1.165, 1.54) is 34.0 Å². The van der Waals surface area contributed by atoms with E-state index in [9.17, 15) is 18.0 Å². The number of hydrogen-bond donors (Lipinski definition) is 1. The third kappa shape index (κ3) is 4.65. The van der Waals surface area contributed by atoms with Gasteiger partial charge < -0.3 is 10.1 Å². The first-order chi connectivity index (χ1) is 13.8. The number of fused-ring (bicyclic) bond motifs is 1. The maximum atomic E-state index is 13.0. The number of rotatable bonds is 6. The molecular formula is C19H29N3O5S2. The van der Waals surface area contributed by atoms with E-state index in [-0.39, 0.29) is 19.1 Å². The Kier molecular flexibility index (Phi) is 6.98. The summed E-state index contributed by atoms with van der Waals surface area (Å²) in [6.45, 7) is 2.59. The van der Waals surface area contributed by atoms with Crippen LogP contribution in [0, 0.1) is 5.92 Å². The number of ether oxygens (including phenoxy) is 1. The van der Waals surface area contributed by atoms with Crippen molar-refractivity contribution in [1.29, 1.82) is 0 Å². The minimum Gasteiger partial charge on any atom is -0.462 e. The number of piperidine rings is 1. The van der Waals surface area contributed by atoms with Gasteiger partial charge in [-0.15, -0.1) is 11.3 Å². The molecule has 0 bridgehead atoms. The Labute approximate surface area is 176 Å². The number of carbonyl (C=O) groups is 2. The largest absolute Gasteiger partial charge is 0.462 e. The number of amides is 1. The molecule has 1 aromatic heterocycles. The lowest BCUT2D eigenvalue weighted by molar-refractivity contribution is -0.120. The average Bonchev–Trinajstić information content (AvgIpc) is 3.06. The molecule has 2 heterocycles. The van der Waals surface area contributed by atoms with Gasteiger partial charge in [-0.25, -0.2) is 4.79 Å². The van der Waals surface area contributed by atoms with Crippen LogP contribution in [0.5, 0.6) is 0 Å². The minimum absolute atomic E-state index is 0.145. The highest BCUT2D eigenvalue weighted by Gasteiger charge is 2.35. The molecule has 3 rings (SSSR count). The van der Waals surface area contributed by atoms with Gasteiger partial charge in [-0.05, 0) is 51.0 Å². The normalized spacial score (nSPS) is 20.3. The molecule has 29 heavy (non-hydrogen) atoms. The second-order valence-corrected chi connectivity index (χ2v) is 10.9. The lowest BCUT2D eigenvalue weighted by Crippen LogP contribution is -2.47. The summed E-state index contributed by atoms with van der Waals surface area (Å²) in [6.07, 6.45) is 5.04. The molecule has 0 aromatic carbocycles. The lowest BCUT2D eigenvalue weighted by atomic mass is 9.95. The van der Waals surface area contributed by atoms with Crippen LogP contribution in [0.25, 0.3) is 0 Å². The number of thiophene rings is 1. The summed E-state index contributed by atoms with van der Waals surface area (Å²) in [5, 5.41) is 3.46. The van der Waals surface area contributed by atoms with Crippen LogP contribution in [-0.4, -0.2) is 62.7 Å². The van der Waals surface area contributed by atoms with Crippen molar-refractivity contribution in [3.05, 3.63) is 16.0 Å². The third-order valence-corrected chi connectivity index (χ3v) is 8.54. The van der Waals surface area contributed by atoms with Gasteiger partial charge in [0.25, 0.3) is 10.2 Å². The van der Waals surface area contributed by atoms with Crippen molar-refractivity contribution in [2.24, 2.45) is 5.92 Å². The summed E-state index contributed by atoms with van der Waals surface area (Å²) in [6, 6.07) is 0. The van der Waals surface area contributed by atoms with Gasteiger partial charge in [0.15, 0.2) is 0 Å². The fourth-order valence-corrected chi connectivity index (χ4v) is 6.35. The van der Waals surface area contributed by atoms with Gasteiger partial charge in [-0.1, -0.05) is 0 Å². The van der Waals surface area contributed by atoms with Gasteiger partial charge in [0.2, 0.25) is 5.91 Å². The fraction of sp³-hybridized carbons (Fsp3) is 0.684. The number of nitrogens with one attached hydrogen (secondary N) is 1. The Balaban J connectivity index is 1.80. The Morgan fingerprint density at radius 2 is 1.97 bits per heavy atom. The number of aryl methyl sites for hydroxylation is 1. The van der Waals surface area contributed by atoms with E-state index >= 15 is 0 Å².